The average Bonchev–Trinajstić information content (AvgIpc) is 3.19. The van der Waals surface area contributed by atoms with Crippen molar-refractivity contribution in [1.29, 1.82) is 0 Å². The second kappa shape index (κ2) is 5.80. The minimum Gasteiger partial charge on any atom is -0.368 e. The number of nitrogens with two attached hydrogens (primary N) is 1. The molecule has 1 amide bonds. The molecule has 3 N–H and O–H groups in total. The normalized spacial score (nSPS) is 22.8. The standard InChI is InChI=1S/C15H29N3O/c1-4-9-18(11(2)3)10-15(14(16)19,12-5-6-12)17-13-7-8-13/h11-13,17H,4-10H2,1-3H3,(H2,16,19). The number of hydrogen-bond donors (Lipinski definition) is 2. The van der Waals surface area contributed by atoms with E-state index in [1.807, 2.05) is 0 Å². The lowest BCUT2D eigenvalue weighted by Gasteiger charge is -2.39. The molecule has 0 bridgehead atoms. The van der Waals surface area contributed by atoms with Crippen LogP contribution in [0.2, 0.25) is 0 Å². The maximum absolute atomic E-state index is 12.2. The summed E-state index contributed by atoms with van der Waals surface area (Å²) in [7, 11) is 0. The van der Waals surface area contributed by atoms with Crippen molar-refractivity contribution in [2.24, 2.45) is 11.7 Å². The first-order valence-corrected chi connectivity index (χ1v) is 7.81. The molecule has 19 heavy (non-hydrogen) atoms. The predicted octanol–water partition coefficient (Wildman–Crippen LogP) is 1.49. The summed E-state index contributed by atoms with van der Waals surface area (Å²) < 4.78 is 0. The van der Waals surface area contributed by atoms with Crippen molar-refractivity contribution in [3.63, 3.8) is 0 Å². The van der Waals surface area contributed by atoms with Gasteiger partial charge in [-0.1, -0.05) is 6.92 Å². The Morgan fingerprint density at radius 1 is 1.37 bits per heavy atom. The quantitative estimate of drug-likeness (QED) is 0.665. The summed E-state index contributed by atoms with van der Waals surface area (Å²) in [5.41, 5.74) is 5.32. The molecular weight excluding hydrogens is 238 g/mol. The fourth-order valence-electron chi connectivity index (χ4n) is 2.94. The molecule has 0 aliphatic heterocycles. The Morgan fingerprint density at radius 3 is 2.37 bits per heavy atom. The molecule has 2 saturated carbocycles. The van der Waals surface area contributed by atoms with Crippen LogP contribution in [0.25, 0.3) is 0 Å². The van der Waals surface area contributed by atoms with Gasteiger partial charge in [0.15, 0.2) is 0 Å². The largest absolute Gasteiger partial charge is 0.368 e. The Labute approximate surface area is 117 Å². The number of hydrogen-bond acceptors (Lipinski definition) is 3. The molecule has 1 atom stereocenters. The summed E-state index contributed by atoms with van der Waals surface area (Å²) in [6, 6.07) is 0.974. The monoisotopic (exact) mass is 267 g/mol. The molecule has 2 fully saturated rings. The lowest BCUT2D eigenvalue weighted by Crippen LogP contribution is -2.64. The van der Waals surface area contributed by atoms with E-state index in [2.05, 4.69) is 31.0 Å². The number of carbonyl (C=O) groups excluding carboxylic acids is 1. The van der Waals surface area contributed by atoms with Gasteiger partial charge in [-0.25, -0.2) is 0 Å². The van der Waals surface area contributed by atoms with Crippen LogP contribution < -0.4 is 11.1 Å². The van der Waals surface area contributed by atoms with Crippen LogP contribution in [0.3, 0.4) is 0 Å². The van der Waals surface area contributed by atoms with E-state index in [0.717, 1.165) is 32.4 Å². The Kier molecular flexibility index (Phi) is 4.51. The zero-order valence-electron chi connectivity index (χ0n) is 12.6. The second-order valence-electron chi connectivity index (χ2n) is 6.59. The number of amides is 1. The molecule has 0 heterocycles. The van der Waals surface area contributed by atoms with E-state index in [4.69, 9.17) is 5.73 Å². The molecule has 2 aliphatic rings. The SMILES string of the molecule is CCCN(CC(NC1CC1)(C(N)=O)C1CC1)C(C)C. The minimum atomic E-state index is -0.486. The Hall–Kier alpha value is -0.610. The van der Waals surface area contributed by atoms with Crippen LogP contribution in [-0.4, -0.2) is 41.5 Å². The third-order valence-electron chi connectivity index (χ3n) is 4.45. The highest BCUT2D eigenvalue weighted by Gasteiger charge is 2.52. The van der Waals surface area contributed by atoms with Gasteiger partial charge in [-0.2, -0.15) is 0 Å². The van der Waals surface area contributed by atoms with Crippen molar-refractivity contribution < 1.29 is 4.79 Å². The van der Waals surface area contributed by atoms with E-state index in [9.17, 15) is 4.79 Å². The Bertz CT molecular complexity index is 323. The number of primary amides is 1. The number of rotatable bonds is 9. The van der Waals surface area contributed by atoms with E-state index in [0.29, 0.717) is 18.0 Å². The van der Waals surface area contributed by atoms with E-state index < -0.39 is 5.54 Å². The van der Waals surface area contributed by atoms with Crippen LogP contribution in [-0.2, 0) is 4.79 Å². The van der Waals surface area contributed by atoms with Gasteiger partial charge in [0, 0.05) is 18.6 Å². The fourth-order valence-corrected chi connectivity index (χ4v) is 2.94. The molecule has 0 aromatic heterocycles. The first-order valence-electron chi connectivity index (χ1n) is 7.81. The van der Waals surface area contributed by atoms with Crippen LogP contribution in [0.5, 0.6) is 0 Å². The first kappa shape index (κ1) is 14.8. The van der Waals surface area contributed by atoms with Crippen molar-refractivity contribution in [3.8, 4) is 0 Å². The van der Waals surface area contributed by atoms with Crippen LogP contribution in [0.15, 0.2) is 0 Å². The topological polar surface area (TPSA) is 58.4 Å². The number of nitrogens with zero attached hydrogens (tertiary/aromatic N) is 1. The lowest BCUT2D eigenvalue weighted by molar-refractivity contribution is -0.126. The van der Waals surface area contributed by atoms with Crippen LogP contribution in [0.1, 0.15) is 52.9 Å². The summed E-state index contributed by atoms with van der Waals surface area (Å²) in [4.78, 5) is 14.6. The maximum atomic E-state index is 12.2. The first-order chi connectivity index (χ1) is 8.99. The van der Waals surface area contributed by atoms with Gasteiger partial charge in [-0.05, 0) is 58.4 Å². The van der Waals surface area contributed by atoms with Gasteiger partial charge < -0.3 is 5.73 Å². The molecule has 0 aromatic rings. The van der Waals surface area contributed by atoms with E-state index in [1.165, 1.54) is 12.8 Å². The molecule has 0 radical (unpaired) electrons. The van der Waals surface area contributed by atoms with Crippen molar-refractivity contribution in [2.45, 2.75) is 70.5 Å². The van der Waals surface area contributed by atoms with Gasteiger partial charge in [-0.3, -0.25) is 15.0 Å². The van der Waals surface area contributed by atoms with E-state index in [1.54, 1.807) is 0 Å². The number of carbonyl (C=O) groups is 1. The summed E-state index contributed by atoms with van der Waals surface area (Å²) in [5, 5.41) is 3.59. The van der Waals surface area contributed by atoms with Crippen LogP contribution >= 0.6 is 0 Å². The molecular formula is C15H29N3O. The summed E-state index contributed by atoms with van der Waals surface area (Å²) in [6.07, 6.45) is 5.77. The third kappa shape index (κ3) is 3.48. The second-order valence-corrected chi connectivity index (χ2v) is 6.59. The molecule has 4 nitrogen and oxygen atoms in total. The van der Waals surface area contributed by atoms with Gasteiger partial charge in [0.05, 0.1) is 0 Å². The average molecular weight is 267 g/mol. The Balaban J connectivity index is 2.12. The highest BCUT2D eigenvalue weighted by Crippen LogP contribution is 2.42. The third-order valence-corrected chi connectivity index (χ3v) is 4.45. The van der Waals surface area contributed by atoms with E-state index in [-0.39, 0.29) is 5.91 Å². The summed E-state index contributed by atoms with van der Waals surface area (Å²) in [5.74, 6) is 0.298. The molecule has 2 aliphatic carbocycles. The fraction of sp³-hybridized carbons (Fsp3) is 0.933. The van der Waals surface area contributed by atoms with Gasteiger partial charge in [-0.15, -0.1) is 0 Å². The van der Waals surface area contributed by atoms with Crippen molar-refractivity contribution >= 4 is 5.91 Å². The number of nitrogens with one attached hydrogen (secondary N) is 1. The molecule has 4 heteroatoms. The van der Waals surface area contributed by atoms with Gasteiger partial charge in [0.1, 0.15) is 5.54 Å². The minimum absolute atomic E-state index is 0.149. The smallest absolute Gasteiger partial charge is 0.239 e. The van der Waals surface area contributed by atoms with Crippen LogP contribution in [0, 0.1) is 5.92 Å². The highest BCUT2D eigenvalue weighted by molar-refractivity contribution is 5.86. The molecule has 2 rings (SSSR count). The predicted molar refractivity (Wildman–Crippen MR) is 77.8 cm³/mol. The molecule has 0 saturated heterocycles. The maximum Gasteiger partial charge on any atom is 0.239 e. The van der Waals surface area contributed by atoms with Crippen molar-refractivity contribution in [2.75, 3.05) is 13.1 Å². The van der Waals surface area contributed by atoms with Gasteiger partial charge >= 0.3 is 0 Å². The van der Waals surface area contributed by atoms with Crippen molar-refractivity contribution in [3.05, 3.63) is 0 Å². The molecule has 110 valence electrons. The Morgan fingerprint density at radius 2 is 2.00 bits per heavy atom. The highest BCUT2D eigenvalue weighted by atomic mass is 16.1. The zero-order valence-corrected chi connectivity index (χ0v) is 12.6. The summed E-state index contributed by atoms with van der Waals surface area (Å²) in [6.45, 7) is 8.39. The molecule has 0 aromatic carbocycles. The summed E-state index contributed by atoms with van der Waals surface area (Å²) >= 11 is 0. The van der Waals surface area contributed by atoms with Gasteiger partial charge in [0.25, 0.3) is 0 Å². The molecule has 0 spiro atoms. The zero-order chi connectivity index (χ0) is 14.0. The van der Waals surface area contributed by atoms with Crippen LogP contribution in [0.4, 0.5) is 0 Å². The van der Waals surface area contributed by atoms with Gasteiger partial charge in [0.2, 0.25) is 5.91 Å². The lowest BCUT2D eigenvalue weighted by atomic mass is 9.90. The molecule has 1 unspecified atom stereocenters. The van der Waals surface area contributed by atoms with E-state index >= 15 is 0 Å². The van der Waals surface area contributed by atoms with Crippen molar-refractivity contribution in [1.82, 2.24) is 10.2 Å².